The number of rotatable bonds is 3. The summed E-state index contributed by atoms with van der Waals surface area (Å²) in [6.45, 7) is 4.77. The number of nitrogens with two attached hydrogens (primary N) is 1. The highest BCUT2D eigenvalue weighted by Gasteiger charge is 2.70. The molecule has 1 fully saturated rings. The van der Waals surface area contributed by atoms with Crippen molar-refractivity contribution in [3.05, 3.63) is 12.2 Å². The Morgan fingerprint density at radius 3 is 2.43 bits per heavy atom. The molecule has 1 saturated carbocycles. The standard InChI is InChI=1S/C15H22N2O6/c1-4-17(10(2)18)13(3,16)14-8-5-9-15(14,21)23-12(20)7-6-11(19)22-14/h6-7,21H,4-5,8-9,16H2,1-3H3/b7-6+. The molecule has 2 rings (SSSR count). The van der Waals surface area contributed by atoms with Crippen LogP contribution in [0, 0.1) is 0 Å². The lowest BCUT2D eigenvalue weighted by Gasteiger charge is -2.53. The lowest BCUT2D eigenvalue weighted by molar-refractivity contribution is -0.303. The third-order valence-corrected chi connectivity index (χ3v) is 4.65. The van der Waals surface area contributed by atoms with Gasteiger partial charge in [-0.1, -0.05) is 0 Å². The van der Waals surface area contributed by atoms with E-state index in [1.807, 2.05) is 0 Å². The number of carbonyl (C=O) groups is 3. The molecular weight excluding hydrogens is 304 g/mol. The Labute approximate surface area is 134 Å². The predicted molar refractivity (Wildman–Crippen MR) is 78.5 cm³/mol. The molecular formula is C15H22N2O6. The van der Waals surface area contributed by atoms with Crippen molar-refractivity contribution >= 4 is 17.8 Å². The third kappa shape index (κ3) is 2.51. The SMILES string of the molecule is CCN(C(C)=O)C(C)(N)C12CCCC1(O)OC(=O)/C=C/C(=O)O2. The van der Waals surface area contributed by atoms with Gasteiger partial charge in [0, 0.05) is 32.0 Å². The molecule has 1 aliphatic heterocycles. The lowest BCUT2D eigenvalue weighted by atomic mass is 9.81. The summed E-state index contributed by atoms with van der Waals surface area (Å²) >= 11 is 0. The first-order valence-corrected chi connectivity index (χ1v) is 7.53. The van der Waals surface area contributed by atoms with E-state index in [0.717, 1.165) is 12.2 Å². The van der Waals surface area contributed by atoms with E-state index < -0.39 is 29.0 Å². The van der Waals surface area contributed by atoms with E-state index in [4.69, 9.17) is 15.2 Å². The molecule has 0 aromatic heterocycles. The minimum absolute atomic E-state index is 0.0576. The second-order valence-corrected chi connectivity index (χ2v) is 6.05. The molecule has 1 aliphatic carbocycles. The number of likely N-dealkylation sites (N-methyl/N-ethyl adjacent to an activating group) is 1. The van der Waals surface area contributed by atoms with Crippen molar-refractivity contribution in [1.82, 2.24) is 4.90 Å². The van der Waals surface area contributed by atoms with E-state index in [-0.39, 0.29) is 25.3 Å². The van der Waals surface area contributed by atoms with Gasteiger partial charge < -0.3 is 25.2 Å². The maximum atomic E-state index is 12.0. The van der Waals surface area contributed by atoms with Gasteiger partial charge in [0.2, 0.25) is 11.5 Å². The number of fused-ring (bicyclic) bond motifs is 1. The van der Waals surface area contributed by atoms with Crippen LogP contribution < -0.4 is 5.73 Å². The van der Waals surface area contributed by atoms with Crippen molar-refractivity contribution in [2.45, 2.75) is 57.1 Å². The zero-order valence-electron chi connectivity index (χ0n) is 13.5. The van der Waals surface area contributed by atoms with Crippen LogP contribution in [0.3, 0.4) is 0 Å². The highest BCUT2D eigenvalue weighted by molar-refractivity contribution is 5.93. The first-order chi connectivity index (χ1) is 10.6. The summed E-state index contributed by atoms with van der Waals surface area (Å²) in [5, 5.41) is 10.9. The Morgan fingerprint density at radius 1 is 1.35 bits per heavy atom. The lowest BCUT2D eigenvalue weighted by Crippen LogP contribution is -2.77. The van der Waals surface area contributed by atoms with Gasteiger partial charge >= 0.3 is 11.9 Å². The molecule has 3 N–H and O–H groups in total. The molecule has 3 atom stereocenters. The molecule has 0 radical (unpaired) electrons. The van der Waals surface area contributed by atoms with Crippen molar-refractivity contribution in [2.75, 3.05) is 6.54 Å². The topological polar surface area (TPSA) is 119 Å². The summed E-state index contributed by atoms with van der Waals surface area (Å²) in [7, 11) is 0. The van der Waals surface area contributed by atoms with Crippen LogP contribution in [0.5, 0.6) is 0 Å². The van der Waals surface area contributed by atoms with Gasteiger partial charge in [0.1, 0.15) is 5.66 Å². The van der Waals surface area contributed by atoms with Crippen molar-refractivity contribution in [2.24, 2.45) is 5.73 Å². The van der Waals surface area contributed by atoms with Gasteiger partial charge in [-0.15, -0.1) is 0 Å². The Bertz CT molecular complexity index is 572. The van der Waals surface area contributed by atoms with E-state index in [9.17, 15) is 19.5 Å². The molecule has 23 heavy (non-hydrogen) atoms. The molecule has 8 nitrogen and oxygen atoms in total. The fourth-order valence-corrected chi connectivity index (χ4v) is 3.63. The van der Waals surface area contributed by atoms with Gasteiger partial charge in [-0.2, -0.15) is 0 Å². The van der Waals surface area contributed by atoms with E-state index in [0.29, 0.717) is 6.42 Å². The van der Waals surface area contributed by atoms with Crippen LogP contribution in [0.1, 0.15) is 40.0 Å². The zero-order valence-corrected chi connectivity index (χ0v) is 13.5. The Kier molecular flexibility index (Phi) is 4.25. The van der Waals surface area contributed by atoms with Crippen molar-refractivity contribution in [3.8, 4) is 0 Å². The van der Waals surface area contributed by atoms with Crippen LogP contribution in [0.4, 0.5) is 0 Å². The molecule has 8 heteroatoms. The predicted octanol–water partition coefficient (Wildman–Crippen LogP) is -0.203. The summed E-state index contributed by atoms with van der Waals surface area (Å²) in [5.41, 5.74) is 3.07. The fraction of sp³-hybridized carbons (Fsp3) is 0.667. The van der Waals surface area contributed by atoms with Crippen LogP contribution >= 0.6 is 0 Å². The average Bonchev–Trinajstić information content (AvgIpc) is 2.73. The molecule has 3 unspecified atom stereocenters. The van der Waals surface area contributed by atoms with Gasteiger partial charge in [0.05, 0.1) is 0 Å². The summed E-state index contributed by atoms with van der Waals surface area (Å²) in [6.07, 6.45) is 2.44. The first kappa shape index (κ1) is 17.4. The molecule has 1 amide bonds. The Balaban J connectivity index is 2.61. The number of aliphatic hydroxyl groups is 1. The zero-order chi connectivity index (χ0) is 17.5. The van der Waals surface area contributed by atoms with Crippen LogP contribution in [0.2, 0.25) is 0 Å². The summed E-state index contributed by atoms with van der Waals surface area (Å²) in [6, 6.07) is 0. The first-order valence-electron chi connectivity index (χ1n) is 7.53. The Morgan fingerprint density at radius 2 is 1.91 bits per heavy atom. The number of amides is 1. The van der Waals surface area contributed by atoms with E-state index in [1.54, 1.807) is 6.92 Å². The largest absolute Gasteiger partial charge is 0.445 e. The van der Waals surface area contributed by atoms with Crippen LogP contribution in [0.25, 0.3) is 0 Å². The Hall–Kier alpha value is -1.93. The van der Waals surface area contributed by atoms with E-state index in [2.05, 4.69) is 0 Å². The number of ether oxygens (including phenoxy) is 2. The second kappa shape index (κ2) is 5.61. The van der Waals surface area contributed by atoms with Gasteiger partial charge in [0.25, 0.3) is 5.79 Å². The van der Waals surface area contributed by atoms with Crippen LogP contribution in [-0.4, -0.2) is 51.4 Å². The fourth-order valence-electron chi connectivity index (χ4n) is 3.63. The average molecular weight is 326 g/mol. The second-order valence-electron chi connectivity index (χ2n) is 6.05. The summed E-state index contributed by atoms with van der Waals surface area (Å²) in [4.78, 5) is 37.0. The van der Waals surface area contributed by atoms with Crippen molar-refractivity contribution < 1.29 is 29.0 Å². The molecule has 0 aromatic carbocycles. The molecule has 0 spiro atoms. The molecule has 0 aromatic rings. The maximum Gasteiger partial charge on any atom is 0.333 e. The molecule has 0 bridgehead atoms. The monoisotopic (exact) mass is 326 g/mol. The summed E-state index contributed by atoms with van der Waals surface area (Å²) < 4.78 is 10.6. The third-order valence-electron chi connectivity index (χ3n) is 4.65. The van der Waals surface area contributed by atoms with Gasteiger partial charge in [-0.3, -0.25) is 4.79 Å². The number of hydrogen-bond acceptors (Lipinski definition) is 7. The molecule has 2 aliphatic rings. The summed E-state index contributed by atoms with van der Waals surface area (Å²) in [5.74, 6) is -4.13. The number of esters is 2. The molecule has 1 heterocycles. The highest BCUT2D eigenvalue weighted by atomic mass is 16.7. The van der Waals surface area contributed by atoms with Gasteiger partial charge in [-0.05, 0) is 26.7 Å². The van der Waals surface area contributed by atoms with E-state index in [1.165, 1.54) is 18.7 Å². The number of hydrogen-bond donors (Lipinski definition) is 2. The minimum Gasteiger partial charge on any atom is -0.445 e. The van der Waals surface area contributed by atoms with Crippen molar-refractivity contribution in [3.63, 3.8) is 0 Å². The molecule has 128 valence electrons. The highest BCUT2D eigenvalue weighted by Crippen LogP contribution is 2.50. The molecule has 0 saturated heterocycles. The van der Waals surface area contributed by atoms with Crippen LogP contribution in [0.15, 0.2) is 12.2 Å². The number of carbonyl (C=O) groups excluding carboxylic acids is 3. The number of nitrogens with zero attached hydrogens (tertiary/aromatic N) is 1. The van der Waals surface area contributed by atoms with E-state index >= 15 is 0 Å². The maximum absolute atomic E-state index is 12.0. The van der Waals surface area contributed by atoms with Crippen LogP contribution in [-0.2, 0) is 23.9 Å². The normalized spacial score (nSPS) is 34.3. The van der Waals surface area contributed by atoms with Crippen molar-refractivity contribution in [1.29, 1.82) is 0 Å². The minimum atomic E-state index is -2.10. The van der Waals surface area contributed by atoms with Gasteiger partial charge in [-0.25, -0.2) is 9.59 Å². The quantitative estimate of drug-likeness (QED) is 0.544. The smallest absolute Gasteiger partial charge is 0.333 e. The van der Waals surface area contributed by atoms with Gasteiger partial charge in [0.15, 0.2) is 0 Å².